The minimum atomic E-state index is -0.927. The lowest BCUT2D eigenvalue weighted by Gasteiger charge is -2.10. The maximum Gasteiger partial charge on any atom is 0.336 e. The second-order valence-corrected chi connectivity index (χ2v) is 5.31. The van der Waals surface area contributed by atoms with Crippen molar-refractivity contribution in [1.82, 2.24) is 9.97 Å². The summed E-state index contributed by atoms with van der Waals surface area (Å²) in [6, 6.07) is 9.66. The largest absolute Gasteiger partial charge is 0.478 e. The Hall–Kier alpha value is -2.62. The number of hydrogen-bond donors (Lipinski definition) is 2. The van der Waals surface area contributed by atoms with Crippen LogP contribution in [0.4, 0.5) is 0 Å². The molecule has 1 aromatic heterocycles. The first-order valence-corrected chi connectivity index (χ1v) is 6.78. The van der Waals surface area contributed by atoms with Crippen molar-refractivity contribution >= 4 is 17.0 Å². The van der Waals surface area contributed by atoms with Gasteiger partial charge in [0, 0.05) is 5.56 Å². The first-order valence-electron chi connectivity index (χ1n) is 6.78. The lowest BCUT2D eigenvalue weighted by Crippen LogP contribution is -2.05. The number of fused-ring (bicyclic) bond motifs is 1. The van der Waals surface area contributed by atoms with Gasteiger partial charge in [-0.3, -0.25) is 0 Å². The minimum Gasteiger partial charge on any atom is -0.478 e. The minimum absolute atomic E-state index is 0.312. The van der Waals surface area contributed by atoms with E-state index in [1.165, 1.54) is 0 Å². The zero-order chi connectivity index (χ0) is 15.1. The van der Waals surface area contributed by atoms with Crippen molar-refractivity contribution in [2.24, 2.45) is 0 Å². The monoisotopic (exact) mass is 280 g/mol. The van der Waals surface area contributed by atoms with Crippen molar-refractivity contribution in [3.63, 3.8) is 0 Å². The van der Waals surface area contributed by atoms with Crippen LogP contribution in [0.2, 0.25) is 0 Å². The summed E-state index contributed by atoms with van der Waals surface area (Å²) in [5.41, 5.74) is 5.48. The van der Waals surface area contributed by atoms with E-state index in [1.54, 1.807) is 6.92 Å². The number of para-hydroxylation sites is 1. The highest BCUT2D eigenvalue weighted by Gasteiger charge is 2.19. The van der Waals surface area contributed by atoms with Gasteiger partial charge in [0.1, 0.15) is 5.82 Å². The number of H-pyrrole nitrogens is 1. The number of nitrogens with one attached hydrogen (secondary N) is 1. The summed E-state index contributed by atoms with van der Waals surface area (Å²) in [5, 5.41) is 9.52. The summed E-state index contributed by atoms with van der Waals surface area (Å²) < 4.78 is 0. The lowest BCUT2D eigenvalue weighted by molar-refractivity contribution is 0.0697. The summed E-state index contributed by atoms with van der Waals surface area (Å²) in [4.78, 5) is 19.5. The van der Waals surface area contributed by atoms with Crippen molar-refractivity contribution in [2.75, 3.05) is 0 Å². The van der Waals surface area contributed by atoms with E-state index in [-0.39, 0.29) is 0 Å². The number of aromatic nitrogens is 2. The highest BCUT2D eigenvalue weighted by molar-refractivity contribution is 5.98. The molecule has 0 aliphatic rings. The van der Waals surface area contributed by atoms with Gasteiger partial charge in [-0.2, -0.15) is 0 Å². The fourth-order valence-corrected chi connectivity index (χ4v) is 2.69. The van der Waals surface area contributed by atoms with Crippen molar-refractivity contribution in [1.29, 1.82) is 0 Å². The highest BCUT2D eigenvalue weighted by atomic mass is 16.4. The Morgan fingerprint density at radius 1 is 1.05 bits per heavy atom. The highest BCUT2D eigenvalue weighted by Crippen LogP contribution is 2.30. The van der Waals surface area contributed by atoms with Gasteiger partial charge in [0.05, 0.1) is 16.6 Å². The molecule has 0 saturated carbocycles. The summed E-state index contributed by atoms with van der Waals surface area (Å²) >= 11 is 0. The number of nitrogens with zero attached hydrogens (tertiary/aromatic N) is 1. The van der Waals surface area contributed by atoms with Gasteiger partial charge in [-0.25, -0.2) is 9.78 Å². The first kappa shape index (κ1) is 13.4. The molecule has 0 aliphatic carbocycles. The van der Waals surface area contributed by atoms with Crippen molar-refractivity contribution in [3.8, 4) is 11.4 Å². The van der Waals surface area contributed by atoms with E-state index < -0.39 is 5.97 Å². The number of carboxylic acid groups (broad SMARTS) is 1. The molecule has 3 aromatic rings. The molecule has 0 unspecified atom stereocenters. The Morgan fingerprint density at radius 2 is 1.76 bits per heavy atom. The average Bonchev–Trinajstić information content (AvgIpc) is 2.85. The maximum absolute atomic E-state index is 11.6. The van der Waals surface area contributed by atoms with Crippen LogP contribution in [-0.4, -0.2) is 21.0 Å². The third-order valence-electron chi connectivity index (χ3n) is 3.79. The molecule has 0 saturated heterocycles. The molecule has 106 valence electrons. The van der Waals surface area contributed by atoms with Crippen LogP contribution in [-0.2, 0) is 0 Å². The number of rotatable bonds is 2. The predicted octanol–water partition coefficient (Wildman–Crippen LogP) is 3.85. The van der Waals surface area contributed by atoms with Crippen molar-refractivity contribution in [2.45, 2.75) is 20.8 Å². The zero-order valence-corrected chi connectivity index (χ0v) is 12.2. The molecule has 2 N–H and O–H groups in total. The van der Waals surface area contributed by atoms with E-state index in [9.17, 15) is 9.90 Å². The molecular weight excluding hydrogens is 264 g/mol. The van der Waals surface area contributed by atoms with Crippen LogP contribution in [0.5, 0.6) is 0 Å². The standard InChI is InChI=1S/C17H16N2O2/c1-9-7-8-10(2)14(17(20)21)13(9)16-18-12-6-4-5-11(3)15(12)19-16/h4-8H,1-3H3,(H,18,19)(H,20,21). The Morgan fingerprint density at radius 3 is 2.43 bits per heavy atom. The molecule has 4 heteroatoms. The van der Waals surface area contributed by atoms with E-state index >= 15 is 0 Å². The third kappa shape index (κ3) is 2.09. The maximum atomic E-state index is 11.6. The molecule has 0 atom stereocenters. The molecule has 0 bridgehead atoms. The second-order valence-electron chi connectivity index (χ2n) is 5.31. The summed E-state index contributed by atoms with van der Waals surface area (Å²) in [6.07, 6.45) is 0. The number of benzene rings is 2. The SMILES string of the molecule is Cc1ccc(C)c(-c2nc3c(C)cccc3[nH]2)c1C(=O)O. The topological polar surface area (TPSA) is 66.0 Å². The Labute approximate surface area is 122 Å². The Balaban J connectivity index is 2.35. The first-order chi connectivity index (χ1) is 9.99. The zero-order valence-electron chi connectivity index (χ0n) is 12.2. The van der Waals surface area contributed by atoms with E-state index in [1.807, 2.05) is 44.2 Å². The lowest BCUT2D eigenvalue weighted by atomic mass is 9.97. The van der Waals surface area contributed by atoms with Crippen LogP contribution < -0.4 is 0 Å². The number of carboxylic acids is 1. The molecule has 21 heavy (non-hydrogen) atoms. The van der Waals surface area contributed by atoms with Gasteiger partial charge in [0.15, 0.2) is 0 Å². The van der Waals surface area contributed by atoms with Gasteiger partial charge >= 0.3 is 5.97 Å². The Bertz CT molecular complexity index is 863. The molecule has 0 aliphatic heterocycles. The molecule has 3 rings (SSSR count). The molecule has 0 radical (unpaired) electrons. The van der Waals surface area contributed by atoms with Gasteiger partial charge < -0.3 is 10.1 Å². The van der Waals surface area contributed by atoms with Crippen LogP contribution in [0.1, 0.15) is 27.0 Å². The van der Waals surface area contributed by atoms with Crippen LogP contribution >= 0.6 is 0 Å². The van der Waals surface area contributed by atoms with Gasteiger partial charge in [0.2, 0.25) is 0 Å². The Kier molecular flexibility index (Phi) is 3.01. The molecule has 4 nitrogen and oxygen atoms in total. The molecule has 0 spiro atoms. The van der Waals surface area contributed by atoms with Gasteiger partial charge in [-0.15, -0.1) is 0 Å². The number of aromatic amines is 1. The fraction of sp³-hybridized carbons (Fsp3) is 0.176. The number of hydrogen-bond acceptors (Lipinski definition) is 2. The number of aromatic carboxylic acids is 1. The summed E-state index contributed by atoms with van der Waals surface area (Å²) in [6.45, 7) is 5.70. The van der Waals surface area contributed by atoms with Gasteiger partial charge in [0.25, 0.3) is 0 Å². The molecule has 0 fully saturated rings. The van der Waals surface area contributed by atoms with Crippen LogP contribution in [0.25, 0.3) is 22.4 Å². The van der Waals surface area contributed by atoms with Crippen molar-refractivity contribution in [3.05, 3.63) is 52.6 Å². The predicted molar refractivity (Wildman–Crippen MR) is 82.7 cm³/mol. The van der Waals surface area contributed by atoms with Crippen LogP contribution in [0.15, 0.2) is 30.3 Å². The van der Waals surface area contributed by atoms with Crippen LogP contribution in [0, 0.1) is 20.8 Å². The van der Waals surface area contributed by atoms with E-state index in [4.69, 9.17) is 0 Å². The van der Waals surface area contributed by atoms with E-state index in [0.717, 1.165) is 27.7 Å². The van der Waals surface area contributed by atoms with Crippen LogP contribution in [0.3, 0.4) is 0 Å². The van der Waals surface area contributed by atoms with Gasteiger partial charge in [-0.05, 0) is 43.5 Å². The van der Waals surface area contributed by atoms with E-state index in [0.29, 0.717) is 17.0 Å². The fourth-order valence-electron chi connectivity index (χ4n) is 2.69. The third-order valence-corrected chi connectivity index (χ3v) is 3.79. The number of carbonyl (C=O) groups is 1. The second kappa shape index (κ2) is 4.74. The smallest absolute Gasteiger partial charge is 0.336 e. The molecule has 2 aromatic carbocycles. The molecule has 0 amide bonds. The summed E-state index contributed by atoms with van der Waals surface area (Å²) in [5.74, 6) is -0.318. The van der Waals surface area contributed by atoms with E-state index in [2.05, 4.69) is 9.97 Å². The van der Waals surface area contributed by atoms with Gasteiger partial charge in [-0.1, -0.05) is 24.3 Å². The quantitative estimate of drug-likeness (QED) is 0.749. The number of imidazole rings is 1. The summed E-state index contributed by atoms with van der Waals surface area (Å²) in [7, 11) is 0. The molecular formula is C17H16N2O2. The molecule has 1 heterocycles. The van der Waals surface area contributed by atoms with Crippen molar-refractivity contribution < 1.29 is 9.90 Å². The average molecular weight is 280 g/mol. The number of aryl methyl sites for hydroxylation is 3. The normalized spacial score (nSPS) is 11.0.